The highest BCUT2D eigenvalue weighted by molar-refractivity contribution is 6.09. The van der Waals surface area contributed by atoms with Crippen molar-refractivity contribution in [1.29, 1.82) is 0 Å². The van der Waals surface area contributed by atoms with E-state index in [2.05, 4.69) is 198 Å². The molecule has 14 rings (SSSR count). The number of benzene rings is 8. The molecule has 0 amide bonds. The Kier molecular flexibility index (Phi) is 5.94. The van der Waals surface area contributed by atoms with Crippen LogP contribution in [0, 0.1) is 0 Å². The third-order valence-corrected chi connectivity index (χ3v) is 13.2. The third-order valence-electron chi connectivity index (χ3n) is 13.2. The first-order valence-electron chi connectivity index (χ1n) is 19.8. The van der Waals surface area contributed by atoms with Crippen molar-refractivity contribution in [3.63, 3.8) is 0 Å². The average Bonchev–Trinajstić information content (AvgIpc) is 3.62. The van der Waals surface area contributed by atoms with Gasteiger partial charge in [0.05, 0.1) is 38.9 Å². The SMILES string of the molecule is CC12c3ccccc3C3(c4ccc(-n5c6ccccc6c6ccccc65)cc4N(c4nc5ccccc5nc4-c4ccccc4)c4cccc1c43)c1ccccc12. The van der Waals surface area contributed by atoms with Crippen molar-refractivity contribution in [2.75, 3.05) is 4.90 Å². The maximum Gasteiger partial charge on any atom is 0.165 e. The van der Waals surface area contributed by atoms with E-state index in [1.54, 1.807) is 0 Å². The van der Waals surface area contributed by atoms with Crippen molar-refractivity contribution in [1.82, 2.24) is 14.5 Å². The second-order valence-corrected chi connectivity index (χ2v) is 15.8. The van der Waals surface area contributed by atoms with E-state index in [9.17, 15) is 0 Å². The smallest absolute Gasteiger partial charge is 0.165 e. The monoisotopic (exact) mass is 726 g/mol. The highest BCUT2D eigenvalue weighted by Gasteiger charge is 2.61. The molecule has 2 bridgehead atoms. The maximum atomic E-state index is 5.59. The summed E-state index contributed by atoms with van der Waals surface area (Å²) in [4.78, 5) is 13.4. The Hall–Kier alpha value is -7.30. The Morgan fingerprint density at radius 3 is 1.68 bits per heavy atom. The Balaban J connectivity index is 1.22. The van der Waals surface area contributed by atoms with Crippen LogP contribution in [0.4, 0.5) is 17.2 Å². The number of rotatable bonds is 3. The molecule has 8 aromatic carbocycles. The zero-order chi connectivity index (χ0) is 37.5. The fourth-order valence-corrected chi connectivity index (χ4v) is 11.0. The summed E-state index contributed by atoms with van der Waals surface area (Å²) in [6.07, 6.45) is 0. The molecule has 0 N–H and O–H groups in total. The van der Waals surface area contributed by atoms with Gasteiger partial charge in [-0.1, -0.05) is 146 Å². The van der Waals surface area contributed by atoms with E-state index in [0.29, 0.717) is 0 Å². The predicted molar refractivity (Wildman–Crippen MR) is 231 cm³/mol. The number of anilines is 3. The van der Waals surface area contributed by atoms with Gasteiger partial charge in [-0.25, -0.2) is 9.97 Å². The number of fused-ring (bicyclic) bond motifs is 5. The molecule has 0 saturated heterocycles. The van der Waals surface area contributed by atoms with Crippen molar-refractivity contribution in [3.05, 3.63) is 227 Å². The van der Waals surface area contributed by atoms with Gasteiger partial charge < -0.3 is 4.57 Å². The molecular formula is C53H34N4. The van der Waals surface area contributed by atoms with Crippen molar-refractivity contribution >= 4 is 50.0 Å². The van der Waals surface area contributed by atoms with E-state index in [1.165, 1.54) is 60.8 Å². The van der Waals surface area contributed by atoms with Crippen LogP contribution in [0.1, 0.15) is 45.9 Å². The molecule has 4 aliphatic rings. The van der Waals surface area contributed by atoms with E-state index in [1.807, 2.05) is 6.07 Å². The van der Waals surface area contributed by atoms with Gasteiger partial charge in [-0.2, -0.15) is 0 Å². The third kappa shape index (κ3) is 3.73. The number of hydrogen-bond acceptors (Lipinski definition) is 3. The van der Waals surface area contributed by atoms with Gasteiger partial charge in [-0.05, 0) is 82.8 Å². The first kappa shape index (κ1) is 31.0. The zero-order valence-corrected chi connectivity index (χ0v) is 31.2. The second-order valence-electron chi connectivity index (χ2n) is 15.8. The van der Waals surface area contributed by atoms with Crippen LogP contribution in [0.15, 0.2) is 188 Å². The largest absolute Gasteiger partial charge is 0.309 e. The molecule has 3 aliphatic carbocycles. The molecule has 3 heterocycles. The molecule has 0 radical (unpaired) electrons. The lowest BCUT2D eigenvalue weighted by Crippen LogP contribution is -2.52. The van der Waals surface area contributed by atoms with E-state index in [0.717, 1.165) is 45.2 Å². The highest BCUT2D eigenvalue weighted by Crippen LogP contribution is 2.69. The van der Waals surface area contributed by atoms with Gasteiger partial charge in [-0.3, -0.25) is 4.90 Å². The molecule has 0 atom stereocenters. The van der Waals surface area contributed by atoms with Gasteiger partial charge in [0.2, 0.25) is 0 Å². The van der Waals surface area contributed by atoms with E-state index >= 15 is 0 Å². The Bertz CT molecular complexity index is 3240. The molecule has 0 fully saturated rings. The van der Waals surface area contributed by atoms with Crippen molar-refractivity contribution < 1.29 is 0 Å². The predicted octanol–water partition coefficient (Wildman–Crippen LogP) is 12.5. The van der Waals surface area contributed by atoms with Crippen molar-refractivity contribution in [2.45, 2.75) is 17.8 Å². The van der Waals surface area contributed by atoms with Crippen molar-refractivity contribution in [2.24, 2.45) is 0 Å². The van der Waals surface area contributed by atoms with Crippen molar-refractivity contribution in [3.8, 4) is 16.9 Å². The lowest BCUT2D eigenvalue weighted by atomic mass is 9.45. The summed E-state index contributed by atoms with van der Waals surface area (Å²) in [5, 5.41) is 2.48. The Morgan fingerprint density at radius 1 is 0.439 bits per heavy atom. The first-order valence-corrected chi connectivity index (χ1v) is 19.8. The molecule has 0 saturated carbocycles. The average molecular weight is 727 g/mol. The minimum atomic E-state index is -0.556. The molecule has 1 aliphatic heterocycles. The highest BCUT2D eigenvalue weighted by atomic mass is 15.2. The van der Waals surface area contributed by atoms with E-state index in [4.69, 9.17) is 9.97 Å². The zero-order valence-electron chi connectivity index (χ0n) is 31.2. The summed E-state index contributed by atoms with van der Waals surface area (Å²) >= 11 is 0. The number of aromatic nitrogens is 3. The van der Waals surface area contributed by atoms with Crippen LogP contribution in [-0.4, -0.2) is 14.5 Å². The number of nitrogens with zero attached hydrogens (tertiary/aromatic N) is 4. The molecule has 2 aromatic heterocycles. The van der Waals surface area contributed by atoms with E-state index in [-0.39, 0.29) is 5.41 Å². The van der Waals surface area contributed by atoms with Gasteiger partial charge in [0.1, 0.15) is 5.69 Å². The standard InChI is InChI=1S/C53H34N4/c1-52-37-20-7-9-22-39(37)53(40-23-10-8-21-38(40)52)41-31-30-34(56-45-27-13-5-18-35(45)36-19-6-14-28-46(36)56)32-48(41)57(47-29-15-24-42(52)49(47)53)51-50(33-16-3-2-4-17-33)54-43-25-11-12-26-44(43)55-51/h2-32H,1H3. The fraction of sp³-hybridized carbons (Fsp3) is 0.0566. The van der Waals surface area contributed by atoms with Crippen LogP contribution in [0.5, 0.6) is 0 Å². The quantitative estimate of drug-likeness (QED) is 0.182. The topological polar surface area (TPSA) is 34.0 Å². The summed E-state index contributed by atoms with van der Waals surface area (Å²) in [7, 11) is 0. The van der Waals surface area contributed by atoms with Gasteiger partial charge in [0, 0.05) is 33.0 Å². The lowest BCUT2D eigenvalue weighted by molar-refractivity contribution is 0.529. The van der Waals surface area contributed by atoms with Crippen LogP contribution in [0.3, 0.4) is 0 Å². The normalized spacial score (nSPS) is 18.4. The van der Waals surface area contributed by atoms with Crippen LogP contribution < -0.4 is 4.90 Å². The molecule has 1 spiro atoms. The minimum Gasteiger partial charge on any atom is -0.309 e. The minimum absolute atomic E-state index is 0.344. The molecule has 4 nitrogen and oxygen atoms in total. The fourth-order valence-electron chi connectivity index (χ4n) is 11.0. The molecule has 57 heavy (non-hydrogen) atoms. The molecule has 0 unspecified atom stereocenters. The van der Waals surface area contributed by atoms with Crippen LogP contribution in [0.2, 0.25) is 0 Å². The summed E-state index contributed by atoms with van der Waals surface area (Å²) in [6.45, 7) is 2.43. The summed E-state index contributed by atoms with van der Waals surface area (Å²) in [6, 6.07) is 68.8. The summed E-state index contributed by atoms with van der Waals surface area (Å²) in [5.74, 6) is 0.817. The van der Waals surface area contributed by atoms with E-state index < -0.39 is 5.41 Å². The van der Waals surface area contributed by atoms with Crippen LogP contribution in [-0.2, 0) is 10.8 Å². The number of hydrogen-bond donors (Lipinski definition) is 0. The van der Waals surface area contributed by atoms with Gasteiger partial charge in [-0.15, -0.1) is 0 Å². The lowest BCUT2D eigenvalue weighted by Gasteiger charge is -2.59. The maximum absolute atomic E-state index is 5.59. The Morgan fingerprint density at radius 2 is 1.00 bits per heavy atom. The molecule has 10 aromatic rings. The summed E-state index contributed by atoms with van der Waals surface area (Å²) in [5.41, 5.74) is 17.8. The van der Waals surface area contributed by atoms with Crippen LogP contribution in [0.25, 0.3) is 49.8 Å². The molecular weight excluding hydrogens is 693 g/mol. The second kappa shape index (κ2) is 10.9. The summed E-state index contributed by atoms with van der Waals surface area (Å²) < 4.78 is 2.43. The molecule has 266 valence electrons. The van der Waals surface area contributed by atoms with Gasteiger partial charge in [0.15, 0.2) is 5.82 Å². The van der Waals surface area contributed by atoms with Gasteiger partial charge in [0.25, 0.3) is 0 Å². The first-order chi connectivity index (χ1) is 28.2. The van der Waals surface area contributed by atoms with Crippen LogP contribution >= 0.6 is 0 Å². The Labute approximate surface area is 330 Å². The molecule has 4 heteroatoms. The number of para-hydroxylation sites is 4. The van der Waals surface area contributed by atoms with Gasteiger partial charge >= 0.3 is 0 Å².